The van der Waals surface area contributed by atoms with Gasteiger partial charge in [0.15, 0.2) is 0 Å². The standard InChI is InChI=1S/C16H26N2O/c1-4-13-8-5-6-11-18(13)14-9-7-10-15(19-3)16(14)12(2)17/h7,9-10,12-13H,4-6,8,11,17H2,1-3H3/t12-,13?/m1/s1. The molecule has 3 nitrogen and oxygen atoms in total. The third-order valence-electron chi connectivity index (χ3n) is 4.13. The number of methoxy groups -OCH3 is 1. The topological polar surface area (TPSA) is 38.5 Å². The maximum atomic E-state index is 6.18. The summed E-state index contributed by atoms with van der Waals surface area (Å²) in [5, 5.41) is 0. The van der Waals surface area contributed by atoms with Crippen LogP contribution in [-0.2, 0) is 0 Å². The fraction of sp³-hybridized carbons (Fsp3) is 0.625. The van der Waals surface area contributed by atoms with Crippen LogP contribution in [0.15, 0.2) is 18.2 Å². The van der Waals surface area contributed by atoms with E-state index >= 15 is 0 Å². The third-order valence-corrected chi connectivity index (χ3v) is 4.13. The lowest BCUT2D eigenvalue weighted by atomic mass is 9.96. The van der Waals surface area contributed by atoms with Gasteiger partial charge in [-0.3, -0.25) is 0 Å². The van der Waals surface area contributed by atoms with E-state index in [0.717, 1.165) is 17.9 Å². The fourth-order valence-corrected chi connectivity index (χ4v) is 3.16. The maximum Gasteiger partial charge on any atom is 0.125 e. The van der Waals surface area contributed by atoms with E-state index in [2.05, 4.69) is 24.0 Å². The molecule has 1 heterocycles. The molecule has 1 aromatic rings. The first kappa shape index (κ1) is 14.2. The van der Waals surface area contributed by atoms with Gasteiger partial charge in [0.25, 0.3) is 0 Å². The molecule has 0 aromatic heterocycles. The van der Waals surface area contributed by atoms with Gasteiger partial charge in [0.2, 0.25) is 0 Å². The first-order valence-electron chi connectivity index (χ1n) is 7.38. The van der Waals surface area contributed by atoms with Crippen LogP contribution >= 0.6 is 0 Å². The van der Waals surface area contributed by atoms with Gasteiger partial charge in [-0.05, 0) is 44.7 Å². The van der Waals surface area contributed by atoms with Crippen molar-refractivity contribution >= 4 is 5.69 Å². The largest absolute Gasteiger partial charge is 0.496 e. The molecule has 0 spiro atoms. The number of benzene rings is 1. The van der Waals surface area contributed by atoms with Gasteiger partial charge in [-0.15, -0.1) is 0 Å². The molecular weight excluding hydrogens is 236 g/mol. The highest BCUT2D eigenvalue weighted by molar-refractivity contribution is 5.61. The van der Waals surface area contributed by atoms with Gasteiger partial charge in [0, 0.05) is 29.9 Å². The van der Waals surface area contributed by atoms with E-state index in [1.54, 1.807) is 7.11 Å². The summed E-state index contributed by atoms with van der Waals surface area (Å²) in [6.45, 7) is 5.44. The molecule has 0 aliphatic carbocycles. The molecule has 2 rings (SSSR count). The van der Waals surface area contributed by atoms with Gasteiger partial charge in [0.1, 0.15) is 5.75 Å². The van der Waals surface area contributed by atoms with Crippen molar-refractivity contribution in [2.45, 2.75) is 51.6 Å². The molecule has 1 fully saturated rings. The summed E-state index contributed by atoms with van der Waals surface area (Å²) in [6, 6.07) is 6.90. The van der Waals surface area contributed by atoms with Crippen molar-refractivity contribution < 1.29 is 4.74 Å². The molecule has 2 N–H and O–H groups in total. The van der Waals surface area contributed by atoms with E-state index in [9.17, 15) is 0 Å². The van der Waals surface area contributed by atoms with Crippen LogP contribution < -0.4 is 15.4 Å². The SMILES string of the molecule is CCC1CCCCN1c1cccc(OC)c1[C@@H](C)N. The second-order valence-corrected chi connectivity index (χ2v) is 5.43. The van der Waals surface area contributed by atoms with Crippen molar-refractivity contribution in [2.75, 3.05) is 18.6 Å². The van der Waals surface area contributed by atoms with Crippen molar-refractivity contribution in [1.82, 2.24) is 0 Å². The minimum absolute atomic E-state index is 0.00872. The van der Waals surface area contributed by atoms with Gasteiger partial charge in [-0.1, -0.05) is 13.0 Å². The average Bonchev–Trinajstić information content (AvgIpc) is 2.46. The maximum absolute atomic E-state index is 6.18. The van der Waals surface area contributed by atoms with E-state index in [-0.39, 0.29) is 6.04 Å². The van der Waals surface area contributed by atoms with Gasteiger partial charge >= 0.3 is 0 Å². The molecule has 1 aliphatic rings. The lowest BCUT2D eigenvalue weighted by Crippen LogP contribution is -2.40. The average molecular weight is 262 g/mol. The lowest BCUT2D eigenvalue weighted by molar-refractivity contribution is 0.404. The number of ether oxygens (including phenoxy) is 1. The van der Waals surface area contributed by atoms with Gasteiger partial charge in [0.05, 0.1) is 7.11 Å². The molecule has 0 saturated carbocycles. The summed E-state index contributed by atoms with van der Waals surface area (Å²) in [6.07, 6.45) is 5.08. The van der Waals surface area contributed by atoms with Crippen LogP contribution in [0.2, 0.25) is 0 Å². The minimum Gasteiger partial charge on any atom is -0.496 e. The molecule has 2 atom stereocenters. The molecule has 1 aliphatic heterocycles. The number of nitrogens with zero attached hydrogens (tertiary/aromatic N) is 1. The summed E-state index contributed by atoms with van der Waals surface area (Å²) in [5.74, 6) is 0.910. The predicted octanol–water partition coefficient (Wildman–Crippen LogP) is 3.48. The Morgan fingerprint density at radius 2 is 2.21 bits per heavy atom. The quantitative estimate of drug-likeness (QED) is 0.902. The van der Waals surface area contributed by atoms with E-state index < -0.39 is 0 Å². The third kappa shape index (κ3) is 2.86. The van der Waals surface area contributed by atoms with Crippen LogP contribution in [0.4, 0.5) is 5.69 Å². The number of piperidine rings is 1. The Morgan fingerprint density at radius 1 is 1.42 bits per heavy atom. The number of nitrogens with two attached hydrogens (primary N) is 1. The summed E-state index contributed by atoms with van der Waals surface area (Å²) in [7, 11) is 1.72. The first-order valence-corrected chi connectivity index (χ1v) is 7.38. The van der Waals surface area contributed by atoms with Crippen molar-refractivity contribution in [1.29, 1.82) is 0 Å². The molecule has 19 heavy (non-hydrogen) atoms. The van der Waals surface area contributed by atoms with E-state index in [1.165, 1.54) is 31.4 Å². The first-order chi connectivity index (χ1) is 9.19. The zero-order valence-corrected chi connectivity index (χ0v) is 12.4. The zero-order valence-electron chi connectivity index (χ0n) is 12.4. The number of hydrogen-bond acceptors (Lipinski definition) is 3. The molecule has 0 amide bonds. The summed E-state index contributed by atoms with van der Waals surface area (Å²) in [4.78, 5) is 2.53. The van der Waals surface area contributed by atoms with Crippen molar-refractivity contribution in [3.63, 3.8) is 0 Å². The molecule has 0 bridgehead atoms. The van der Waals surface area contributed by atoms with Gasteiger partial charge in [-0.2, -0.15) is 0 Å². The van der Waals surface area contributed by atoms with Gasteiger partial charge in [-0.25, -0.2) is 0 Å². The number of rotatable bonds is 4. The van der Waals surface area contributed by atoms with Crippen LogP contribution in [0.25, 0.3) is 0 Å². The van der Waals surface area contributed by atoms with Crippen LogP contribution in [-0.4, -0.2) is 19.7 Å². The van der Waals surface area contributed by atoms with Crippen molar-refractivity contribution in [3.05, 3.63) is 23.8 Å². The Bertz CT molecular complexity index is 417. The fourth-order valence-electron chi connectivity index (χ4n) is 3.16. The Hall–Kier alpha value is -1.22. The van der Waals surface area contributed by atoms with Crippen LogP contribution in [0, 0.1) is 0 Å². The molecule has 1 unspecified atom stereocenters. The van der Waals surface area contributed by atoms with Crippen molar-refractivity contribution in [2.24, 2.45) is 5.73 Å². The Labute approximate surface area is 116 Å². The predicted molar refractivity (Wildman–Crippen MR) is 80.9 cm³/mol. The number of anilines is 1. The highest BCUT2D eigenvalue weighted by Crippen LogP contribution is 2.37. The Morgan fingerprint density at radius 3 is 2.84 bits per heavy atom. The molecular formula is C16H26N2O. The van der Waals surface area contributed by atoms with Crippen molar-refractivity contribution in [3.8, 4) is 5.75 Å². The number of hydrogen-bond donors (Lipinski definition) is 1. The molecule has 1 saturated heterocycles. The normalized spacial score (nSPS) is 21.3. The summed E-state index contributed by atoms with van der Waals surface area (Å²) < 4.78 is 5.50. The van der Waals surface area contributed by atoms with E-state index in [0.29, 0.717) is 6.04 Å². The van der Waals surface area contributed by atoms with Gasteiger partial charge < -0.3 is 15.4 Å². The highest BCUT2D eigenvalue weighted by atomic mass is 16.5. The molecule has 1 aromatic carbocycles. The highest BCUT2D eigenvalue weighted by Gasteiger charge is 2.25. The Balaban J connectivity index is 2.42. The van der Waals surface area contributed by atoms with Crippen LogP contribution in [0.3, 0.4) is 0 Å². The Kier molecular flexibility index (Phi) is 4.70. The minimum atomic E-state index is -0.00872. The molecule has 3 heteroatoms. The molecule has 0 radical (unpaired) electrons. The van der Waals surface area contributed by atoms with E-state index in [1.807, 2.05) is 13.0 Å². The van der Waals surface area contributed by atoms with Crippen LogP contribution in [0.1, 0.15) is 51.1 Å². The molecule has 106 valence electrons. The summed E-state index contributed by atoms with van der Waals surface area (Å²) >= 11 is 0. The zero-order chi connectivity index (χ0) is 13.8. The second-order valence-electron chi connectivity index (χ2n) is 5.43. The summed E-state index contributed by atoms with van der Waals surface area (Å²) in [5.41, 5.74) is 8.59. The van der Waals surface area contributed by atoms with Crippen LogP contribution in [0.5, 0.6) is 5.75 Å². The second kappa shape index (κ2) is 6.29. The lowest BCUT2D eigenvalue weighted by Gasteiger charge is -2.39. The monoisotopic (exact) mass is 262 g/mol. The smallest absolute Gasteiger partial charge is 0.125 e. The van der Waals surface area contributed by atoms with E-state index in [4.69, 9.17) is 10.5 Å².